The molecule has 2 unspecified atom stereocenters. The number of rotatable bonds is 5. The first kappa shape index (κ1) is 12.2. The highest BCUT2D eigenvalue weighted by Gasteiger charge is 2.11. The van der Waals surface area contributed by atoms with E-state index in [4.69, 9.17) is 17.3 Å². The standard InChI is InChI=1S/C9H14ClNOS2/c1-7(4-5-11)14(12)6-8-2-3-9(10)13-8/h2-3,7H,4-6,11H2,1H3. The Bertz CT molecular complexity index is 314. The van der Waals surface area contributed by atoms with Crippen LogP contribution in [0.1, 0.15) is 18.2 Å². The molecule has 5 heteroatoms. The van der Waals surface area contributed by atoms with E-state index in [1.807, 2.05) is 19.1 Å². The molecule has 0 bridgehead atoms. The summed E-state index contributed by atoms with van der Waals surface area (Å²) >= 11 is 7.28. The molecule has 80 valence electrons. The fourth-order valence-electron chi connectivity index (χ4n) is 1.08. The molecular formula is C9H14ClNOS2. The summed E-state index contributed by atoms with van der Waals surface area (Å²) in [4.78, 5) is 1.08. The minimum atomic E-state index is -0.831. The topological polar surface area (TPSA) is 43.1 Å². The predicted octanol–water partition coefficient (Wildman–Crippen LogP) is 2.39. The lowest BCUT2D eigenvalue weighted by molar-refractivity contribution is 0.666. The minimum absolute atomic E-state index is 0.167. The number of hydrogen-bond donors (Lipinski definition) is 1. The molecule has 1 rings (SSSR count). The van der Waals surface area contributed by atoms with Gasteiger partial charge in [-0.1, -0.05) is 18.5 Å². The van der Waals surface area contributed by atoms with Gasteiger partial charge in [-0.3, -0.25) is 4.21 Å². The third kappa shape index (κ3) is 3.69. The average molecular weight is 252 g/mol. The Hall–Kier alpha value is 0.1000. The summed E-state index contributed by atoms with van der Waals surface area (Å²) in [5.41, 5.74) is 5.41. The van der Waals surface area contributed by atoms with Gasteiger partial charge < -0.3 is 5.73 Å². The Labute approximate surface area is 95.9 Å². The summed E-state index contributed by atoms with van der Waals surface area (Å²) in [6.45, 7) is 2.57. The number of halogens is 1. The molecule has 0 fully saturated rings. The molecule has 2 nitrogen and oxygen atoms in total. The molecule has 1 aromatic heterocycles. The van der Waals surface area contributed by atoms with Crippen LogP contribution in [0.15, 0.2) is 12.1 Å². The zero-order chi connectivity index (χ0) is 10.6. The molecule has 0 amide bonds. The smallest absolute Gasteiger partial charge is 0.0931 e. The molecule has 1 aromatic rings. The maximum Gasteiger partial charge on any atom is 0.0931 e. The lowest BCUT2D eigenvalue weighted by atomic mass is 10.3. The Morgan fingerprint density at radius 2 is 2.36 bits per heavy atom. The largest absolute Gasteiger partial charge is 0.330 e. The highest BCUT2D eigenvalue weighted by atomic mass is 35.5. The van der Waals surface area contributed by atoms with Crippen LogP contribution in [0, 0.1) is 0 Å². The Morgan fingerprint density at radius 3 is 2.86 bits per heavy atom. The van der Waals surface area contributed by atoms with Gasteiger partial charge in [0, 0.05) is 20.9 Å². The van der Waals surface area contributed by atoms with Crippen molar-refractivity contribution in [1.82, 2.24) is 0 Å². The van der Waals surface area contributed by atoms with Crippen molar-refractivity contribution in [3.05, 3.63) is 21.3 Å². The number of thiophene rings is 1. The number of hydrogen-bond acceptors (Lipinski definition) is 3. The van der Waals surface area contributed by atoms with Crippen LogP contribution in [0.5, 0.6) is 0 Å². The maximum atomic E-state index is 11.7. The molecule has 0 aliphatic rings. The van der Waals surface area contributed by atoms with Crippen molar-refractivity contribution in [3.63, 3.8) is 0 Å². The van der Waals surface area contributed by atoms with Gasteiger partial charge in [0.25, 0.3) is 0 Å². The molecule has 0 aromatic carbocycles. The lowest BCUT2D eigenvalue weighted by Crippen LogP contribution is -2.16. The summed E-state index contributed by atoms with van der Waals surface area (Å²) in [6, 6.07) is 3.77. The van der Waals surface area contributed by atoms with E-state index in [-0.39, 0.29) is 5.25 Å². The minimum Gasteiger partial charge on any atom is -0.330 e. The van der Waals surface area contributed by atoms with Crippen molar-refractivity contribution in [2.45, 2.75) is 24.3 Å². The van der Waals surface area contributed by atoms with Crippen molar-refractivity contribution < 1.29 is 4.21 Å². The Balaban J connectivity index is 2.48. The monoisotopic (exact) mass is 251 g/mol. The summed E-state index contributed by atoms with van der Waals surface area (Å²) in [5.74, 6) is 0.596. The van der Waals surface area contributed by atoms with Crippen LogP contribution in [0.2, 0.25) is 4.34 Å². The van der Waals surface area contributed by atoms with Crippen LogP contribution in [0.3, 0.4) is 0 Å². The molecule has 2 atom stereocenters. The van der Waals surface area contributed by atoms with E-state index in [1.54, 1.807) is 0 Å². The van der Waals surface area contributed by atoms with E-state index >= 15 is 0 Å². The van der Waals surface area contributed by atoms with Crippen LogP contribution in [0.25, 0.3) is 0 Å². The van der Waals surface area contributed by atoms with Crippen LogP contribution >= 0.6 is 22.9 Å². The summed E-state index contributed by atoms with van der Waals surface area (Å²) < 4.78 is 12.5. The maximum absolute atomic E-state index is 11.7. The molecule has 0 spiro atoms. The molecule has 0 saturated carbocycles. The van der Waals surface area contributed by atoms with E-state index in [1.165, 1.54) is 11.3 Å². The van der Waals surface area contributed by atoms with E-state index in [0.717, 1.165) is 15.6 Å². The van der Waals surface area contributed by atoms with Crippen LogP contribution in [0.4, 0.5) is 0 Å². The zero-order valence-electron chi connectivity index (χ0n) is 8.03. The third-order valence-electron chi connectivity index (χ3n) is 1.94. The van der Waals surface area contributed by atoms with Crippen LogP contribution in [-0.2, 0) is 16.6 Å². The highest BCUT2D eigenvalue weighted by Crippen LogP contribution is 2.23. The summed E-state index contributed by atoms with van der Waals surface area (Å²) in [7, 11) is -0.831. The first-order valence-electron chi connectivity index (χ1n) is 4.45. The van der Waals surface area contributed by atoms with Gasteiger partial charge in [-0.2, -0.15) is 0 Å². The van der Waals surface area contributed by atoms with Crippen molar-refractivity contribution in [3.8, 4) is 0 Å². The fraction of sp³-hybridized carbons (Fsp3) is 0.556. The predicted molar refractivity (Wildman–Crippen MR) is 64.3 cm³/mol. The average Bonchev–Trinajstić information content (AvgIpc) is 2.51. The fourth-order valence-corrected chi connectivity index (χ4v) is 3.61. The molecule has 2 N–H and O–H groups in total. The summed E-state index contributed by atoms with van der Waals surface area (Å²) in [5, 5.41) is 0.167. The van der Waals surface area contributed by atoms with Gasteiger partial charge in [0.1, 0.15) is 0 Å². The zero-order valence-corrected chi connectivity index (χ0v) is 10.4. The first-order valence-corrected chi connectivity index (χ1v) is 7.02. The van der Waals surface area contributed by atoms with Gasteiger partial charge in [0.2, 0.25) is 0 Å². The molecular weight excluding hydrogens is 238 g/mol. The number of nitrogens with two attached hydrogens (primary N) is 1. The molecule has 14 heavy (non-hydrogen) atoms. The van der Waals surface area contributed by atoms with E-state index < -0.39 is 10.8 Å². The highest BCUT2D eigenvalue weighted by molar-refractivity contribution is 7.85. The molecule has 1 heterocycles. The van der Waals surface area contributed by atoms with Crippen LogP contribution < -0.4 is 5.73 Å². The second-order valence-electron chi connectivity index (χ2n) is 3.12. The summed E-state index contributed by atoms with van der Waals surface area (Å²) in [6.07, 6.45) is 0.811. The second kappa shape index (κ2) is 5.85. The molecule has 0 aliphatic heterocycles. The molecule has 0 aliphatic carbocycles. The van der Waals surface area contributed by atoms with Gasteiger partial charge in [-0.15, -0.1) is 11.3 Å². The van der Waals surface area contributed by atoms with Crippen molar-refractivity contribution >= 4 is 33.7 Å². The van der Waals surface area contributed by atoms with E-state index in [2.05, 4.69) is 0 Å². The normalized spacial score (nSPS) is 15.4. The molecule has 0 radical (unpaired) electrons. The van der Waals surface area contributed by atoms with E-state index in [0.29, 0.717) is 12.3 Å². The van der Waals surface area contributed by atoms with Gasteiger partial charge in [0.15, 0.2) is 0 Å². The van der Waals surface area contributed by atoms with E-state index in [9.17, 15) is 4.21 Å². The van der Waals surface area contributed by atoms with Crippen molar-refractivity contribution in [1.29, 1.82) is 0 Å². The van der Waals surface area contributed by atoms with Gasteiger partial charge in [0.05, 0.1) is 10.1 Å². The Morgan fingerprint density at radius 1 is 1.64 bits per heavy atom. The van der Waals surface area contributed by atoms with Gasteiger partial charge >= 0.3 is 0 Å². The van der Waals surface area contributed by atoms with Crippen molar-refractivity contribution in [2.24, 2.45) is 5.73 Å². The lowest BCUT2D eigenvalue weighted by Gasteiger charge is -2.08. The Kier molecular flexibility index (Phi) is 5.09. The third-order valence-corrected chi connectivity index (χ3v) is 5.08. The van der Waals surface area contributed by atoms with Crippen molar-refractivity contribution in [2.75, 3.05) is 6.54 Å². The SMILES string of the molecule is CC(CCN)S(=O)Cc1ccc(Cl)s1. The second-order valence-corrected chi connectivity index (χ2v) is 6.77. The van der Waals surface area contributed by atoms with Crippen LogP contribution in [-0.4, -0.2) is 16.0 Å². The quantitative estimate of drug-likeness (QED) is 0.873. The first-order chi connectivity index (χ1) is 6.63. The molecule has 0 saturated heterocycles. The van der Waals surface area contributed by atoms with Gasteiger partial charge in [-0.05, 0) is 25.1 Å². The van der Waals surface area contributed by atoms with Gasteiger partial charge in [-0.25, -0.2) is 0 Å².